The van der Waals surface area contributed by atoms with Gasteiger partial charge in [0, 0.05) is 0 Å². The summed E-state index contributed by atoms with van der Waals surface area (Å²) in [4.78, 5) is 0. The third-order valence-corrected chi connectivity index (χ3v) is 0.387. The van der Waals surface area contributed by atoms with Crippen LogP contribution in [0, 0.1) is 0 Å². The minimum Gasteiger partial charge on any atom is -0.366 e. The van der Waals surface area contributed by atoms with Crippen molar-refractivity contribution in [3.05, 3.63) is 0 Å². The second-order valence-electron chi connectivity index (χ2n) is 0.885. The van der Waals surface area contributed by atoms with Gasteiger partial charge in [0.05, 0.1) is 0 Å². The van der Waals surface area contributed by atoms with Crippen LogP contribution in [-0.2, 0) is 4.74 Å². The van der Waals surface area contributed by atoms with Crippen LogP contribution in [0.1, 0.15) is 0 Å². The van der Waals surface area contributed by atoms with Crippen molar-refractivity contribution in [2.24, 2.45) is 0 Å². The highest BCUT2D eigenvalue weighted by Gasteiger charge is 1.98. The van der Waals surface area contributed by atoms with E-state index in [9.17, 15) is 8.78 Å². The first kappa shape index (κ1) is 6.78. The summed E-state index contributed by atoms with van der Waals surface area (Å²) in [7, 11) is 0. The van der Waals surface area contributed by atoms with Gasteiger partial charge < -0.3 is 9.84 Å². The molecule has 4 heteroatoms. The Labute approximate surface area is 39.7 Å². The largest absolute Gasteiger partial charge is 0.366 e. The molecule has 0 aliphatic heterocycles. The molecule has 2 nitrogen and oxygen atoms in total. The lowest BCUT2D eigenvalue weighted by Gasteiger charge is -2.00. The van der Waals surface area contributed by atoms with E-state index in [2.05, 4.69) is 4.74 Å². The summed E-state index contributed by atoms with van der Waals surface area (Å²) < 4.78 is 25.6. The number of alkyl halides is 2. The van der Waals surface area contributed by atoms with Gasteiger partial charge >= 0.3 is 0 Å². The monoisotopic (exact) mass is 112 g/mol. The molecule has 0 saturated carbocycles. The molecule has 44 valence electrons. The van der Waals surface area contributed by atoms with E-state index in [1.54, 1.807) is 0 Å². The van der Waals surface area contributed by atoms with E-state index in [1.165, 1.54) is 0 Å². The van der Waals surface area contributed by atoms with Gasteiger partial charge in [0.2, 0.25) is 0 Å². The maximum Gasteiger partial charge on any atom is 0.191 e. The molecule has 0 aromatic carbocycles. The molecule has 0 rings (SSSR count). The Morgan fingerprint density at radius 1 is 1.57 bits per heavy atom. The molecule has 7 heavy (non-hydrogen) atoms. The topological polar surface area (TPSA) is 29.5 Å². The first-order valence-corrected chi connectivity index (χ1v) is 1.73. The lowest BCUT2D eigenvalue weighted by molar-refractivity contribution is -0.136. The fourth-order valence-electron chi connectivity index (χ4n) is 0.117. The standard InChI is InChI=1S/C3H6F2O2/c4-1-3(6)7-2-5/h3,6H,1-2H2. The molecule has 1 N–H and O–H groups in total. The molecule has 0 heterocycles. The van der Waals surface area contributed by atoms with Crippen molar-refractivity contribution in [1.29, 1.82) is 0 Å². The van der Waals surface area contributed by atoms with Crippen molar-refractivity contribution in [2.75, 3.05) is 13.5 Å². The van der Waals surface area contributed by atoms with Crippen LogP contribution in [-0.4, -0.2) is 24.9 Å². The molecule has 0 spiro atoms. The van der Waals surface area contributed by atoms with Crippen LogP contribution >= 0.6 is 0 Å². The zero-order valence-corrected chi connectivity index (χ0v) is 3.60. The van der Waals surface area contributed by atoms with E-state index >= 15 is 0 Å². The van der Waals surface area contributed by atoms with Crippen molar-refractivity contribution in [2.45, 2.75) is 6.29 Å². The third-order valence-electron chi connectivity index (χ3n) is 0.387. The van der Waals surface area contributed by atoms with Crippen LogP contribution in [0.25, 0.3) is 0 Å². The van der Waals surface area contributed by atoms with Crippen molar-refractivity contribution < 1.29 is 18.6 Å². The maximum absolute atomic E-state index is 11.0. The SMILES string of the molecule is OC(CF)OCF. The number of aliphatic hydroxyl groups is 1. The summed E-state index contributed by atoms with van der Waals surface area (Å²) >= 11 is 0. The van der Waals surface area contributed by atoms with E-state index in [-0.39, 0.29) is 0 Å². The molecule has 1 unspecified atom stereocenters. The Kier molecular flexibility index (Phi) is 3.83. The summed E-state index contributed by atoms with van der Waals surface area (Å²) in [6, 6.07) is 0. The van der Waals surface area contributed by atoms with Gasteiger partial charge in [-0.25, -0.2) is 8.78 Å². The molecular formula is C3H6F2O2. The van der Waals surface area contributed by atoms with Gasteiger partial charge in [-0.1, -0.05) is 0 Å². The normalized spacial score (nSPS) is 14.1. The average Bonchev–Trinajstić information content (AvgIpc) is 1.68. The van der Waals surface area contributed by atoms with E-state index in [0.717, 1.165) is 0 Å². The lowest BCUT2D eigenvalue weighted by Crippen LogP contribution is -2.12. The van der Waals surface area contributed by atoms with Gasteiger partial charge in [-0.3, -0.25) is 0 Å². The summed E-state index contributed by atoms with van der Waals surface area (Å²) in [5, 5.41) is 8.02. The maximum atomic E-state index is 11.0. The molecular weight excluding hydrogens is 106 g/mol. The number of hydrogen-bond donors (Lipinski definition) is 1. The second kappa shape index (κ2) is 3.95. The summed E-state index contributed by atoms with van der Waals surface area (Å²) in [6.07, 6.45) is -1.59. The quantitative estimate of drug-likeness (QED) is 0.529. The smallest absolute Gasteiger partial charge is 0.191 e. The average molecular weight is 112 g/mol. The van der Waals surface area contributed by atoms with Crippen LogP contribution in [0.5, 0.6) is 0 Å². The van der Waals surface area contributed by atoms with Crippen LogP contribution in [0.2, 0.25) is 0 Å². The fourth-order valence-corrected chi connectivity index (χ4v) is 0.117. The van der Waals surface area contributed by atoms with Gasteiger partial charge in [-0.15, -0.1) is 0 Å². The lowest BCUT2D eigenvalue weighted by atomic mass is 10.7. The molecule has 0 aromatic heterocycles. The first-order valence-electron chi connectivity index (χ1n) is 1.73. The summed E-state index contributed by atoms with van der Waals surface area (Å²) in [6.45, 7) is -2.21. The molecule has 0 aliphatic rings. The molecule has 0 fully saturated rings. The molecule has 0 aliphatic carbocycles. The van der Waals surface area contributed by atoms with Crippen molar-refractivity contribution in [1.82, 2.24) is 0 Å². The molecule has 0 amide bonds. The van der Waals surface area contributed by atoms with E-state index in [1.807, 2.05) is 0 Å². The molecule has 1 atom stereocenters. The van der Waals surface area contributed by atoms with Gasteiger partial charge in [0.25, 0.3) is 0 Å². The molecule has 0 radical (unpaired) electrons. The summed E-state index contributed by atoms with van der Waals surface area (Å²) in [5.41, 5.74) is 0. The van der Waals surface area contributed by atoms with Gasteiger partial charge in [-0.05, 0) is 0 Å². The third kappa shape index (κ3) is 3.61. The number of aliphatic hydroxyl groups excluding tert-OH is 1. The minimum atomic E-state index is -1.59. The molecule has 0 aromatic rings. The Balaban J connectivity index is 2.83. The zero-order chi connectivity index (χ0) is 5.70. The minimum absolute atomic E-state index is 1.07. The van der Waals surface area contributed by atoms with Crippen LogP contribution < -0.4 is 0 Å². The predicted molar refractivity (Wildman–Crippen MR) is 19.0 cm³/mol. The highest BCUT2D eigenvalue weighted by molar-refractivity contribution is 4.28. The number of halogens is 2. The Bertz CT molecular complexity index is 41.9. The van der Waals surface area contributed by atoms with Crippen molar-refractivity contribution in [3.63, 3.8) is 0 Å². The van der Waals surface area contributed by atoms with Crippen molar-refractivity contribution in [3.8, 4) is 0 Å². The van der Waals surface area contributed by atoms with Gasteiger partial charge in [0.15, 0.2) is 13.2 Å². The number of rotatable bonds is 3. The summed E-state index contributed by atoms with van der Waals surface area (Å²) in [5.74, 6) is 0. The Hall–Kier alpha value is -0.220. The predicted octanol–water partition coefficient (Wildman–Crippen LogP) is 0.218. The van der Waals surface area contributed by atoms with Gasteiger partial charge in [0.1, 0.15) is 6.67 Å². The highest BCUT2D eigenvalue weighted by atomic mass is 19.1. The number of ether oxygens (including phenoxy) is 1. The highest BCUT2D eigenvalue weighted by Crippen LogP contribution is 1.85. The van der Waals surface area contributed by atoms with Crippen molar-refractivity contribution >= 4 is 0 Å². The van der Waals surface area contributed by atoms with E-state index in [4.69, 9.17) is 5.11 Å². The van der Waals surface area contributed by atoms with Crippen LogP contribution in [0.15, 0.2) is 0 Å². The Morgan fingerprint density at radius 2 is 2.14 bits per heavy atom. The molecule has 0 bridgehead atoms. The van der Waals surface area contributed by atoms with Crippen LogP contribution in [0.4, 0.5) is 8.78 Å². The number of hydrogen-bond acceptors (Lipinski definition) is 2. The zero-order valence-electron chi connectivity index (χ0n) is 3.60. The second-order valence-corrected chi connectivity index (χ2v) is 0.885. The van der Waals surface area contributed by atoms with E-state index in [0.29, 0.717) is 0 Å². The van der Waals surface area contributed by atoms with Gasteiger partial charge in [-0.2, -0.15) is 0 Å². The Morgan fingerprint density at radius 3 is 2.29 bits per heavy atom. The molecule has 0 saturated heterocycles. The first-order chi connectivity index (χ1) is 3.31. The van der Waals surface area contributed by atoms with E-state index < -0.39 is 19.8 Å². The fraction of sp³-hybridized carbons (Fsp3) is 1.00. The van der Waals surface area contributed by atoms with Crippen LogP contribution in [0.3, 0.4) is 0 Å².